The first kappa shape index (κ1) is 15.9. The lowest BCUT2D eigenvalue weighted by Crippen LogP contribution is -2.37. The lowest BCUT2D eigenvalue weighted by molar-refractivity contribution is -0.155. The van der Waals surface area contributed by atoms with Gasteiger partial charge in [0.25, 0.3) is 0 Å². The molecule has 0 bridgehead atoms. The van der Waals surface area contributed by atoms with Crippen molar-refractivity contribution in [3.05, 3.63) is 0 Å². The van der Waals surface area contributed by atoms with Crippen LogP contribution in [0.5, 0.6) is 0 Å². The number of esters is 1. The molecule has 0 aliphatic heterocycles. The van der Waals surface area contributed by atoms with Gasteiger partial charge in [-0.15, -0.1) is 0 Å². The highest BCUT2D eigenvalue weighted by Crippen LogP contribution is 2.31. The van der Waals surface area contributed by atoms with Gasteiger partial charge in [0.15, 0.2) is 0 Å². The molecule has 0 radical (unpaired) electrons. The molecule has 4 nitrogen and oxygen atoms in total. The summed E-state index contributed by atoms with van der Waals surface area (Å²) in [4.78, 5) is 35.7. The third kappa shape index (κ3) is 4.77. The van der Waals surface area contributed by atoms with Crippen LogP contribution < -0.4 is 0 Å². The fraction of sp³-hybridized carbons (Fsp3) is 0.800. The van der Waals surface area contributed by atoms with Crippen molar-refractivity contribution >= 4 is 17.5 Å². The van der Waals surface area contributed by atoms with E-state index >= 15 is 0 Å². The van der Waals surface area contributed by atoms with Gasteiger partial charge in [-0.05, 0) is 31.6 Å². The summed E-state index contributed by atoms with van der Waals surface area (Å²) in [5, 5.41) is 0. The summed E-state index contributed by atoms with van der Waals surface area (Å²) in [6, 6.07) is 0. The smallest absolute Gasteiger partial charge is 0.316 e. The Morgan fingerprint density at radius 1 is 1.37 bits per heavy atom. The van der Waals surface area contributed by atoms with E-state index in [1.807, 2.05) is 13.8 Å². The molecule has 1 aliphatic rings. The van der Waals surface area contributed by atoms with E-state index in [0.29, 0.717) is 25.2 Å². The monoisotopic (exact) mass is 268 g/mol. The second-order valence-corrected chi connectivity index (χ2v) is 5.69. The van der Waals surface area contributed by atoms with E-state index in [-0.39, 0.29) is 24.1 Å². The fourth-order valence-corrected chi connectivity index (χ4v) is 2.73. The lowest BCUT2D eigenvalue weighted by Gasteiger charge is -2.28. The second-order valence-electron chi connectivity index (χ2n) is 5.69. The zero-order valence-electron chi connectivity index (χ0n) is 12.1. The first-order valence-corrected chi connectivity index (χ1v) is 7.16. The van der Waals surface area contributed by atoms with Crippen molar-refractivity contribution in [2.45, 2.75) is 52.9 Å². The Balaban J connectivity index is 2.69. The standard InChI is InChI=1S/C15H24O4/c1-4-19-15(18)14-11(6-5-7-13(14)17)9-12(16)8-10(2)3/h10-11,14H,4-9H2,1-3H3/t11-,14?/m1/s1. The van der Waals surface area contributed by atoms with E-state index in [0.717, 1.165) is 12.8 Å². The Bertz CT molecular complexity index is 346. The summed E-state index contributed by atoms with van der Waals surface area (Å²) in [7, 11) is 0. The fourth-order valence-electron chi connectivity index (χ4n) is 2.73. The third-order valence-corrected chi connectivity index (χ3v) is 3.48. The number of ether oxygens (including phenoxy) is 1. The van der Waals surface area contributed by atoms with Crippen LogP contribution in [0.15, 0.2) is 0 Å². The van der Waals surface area contributed by atoms with E-state index in [2.05, 4.69) is 0 Å². The van der Waals surface area contributed by atoms with Crippen LogP contribution in [0, 0.1) is 17.8 Å². The molecule has 0 aromatic heterocycles. The summed E-state index contributed by atoms with van der Waals surface area (Å²) >= 11 is 0. The van der Waals surface area contributed by atoms with Gasteiger partial charge < -0.3 is 4.74 Å². The summed E-state index contributed by atoms with van der Waals surface area (Å²) in [6.45, 7) is 5.99. The number of carbonyl (C=O) groups is 3. The van der Waals surface area contributed by atoms with Crippen LogP contribution in [0.4, 0.5) is 0 Å². The van der Waals surface area contributed by atoms with Crippen molar-refractivity contribution in [3.63, 3.8) is 0 Å². The van der Waals surface area contributed by atoms with Crippen LogP contribution in [0.25, 0.3) is 0 Å². The van der Waals surface area contributed by atoms with Crippen LogP contribution in [-0.2, 0) is 19.1 Å². The molecule has 0 aromatic rings. The Morgan fingerprint density at radius 3 is 2.63 bits per heavy atom. The van der Waals surface area contributed by atoms with Crippen molar-refractivity contribution in [1.29, 1.82) is 0 Å². The molecule has 1 fully saturated rings. The summed E-state index contributed by atoms with van der Waals surface area (Å²) in [5.74, 6) is -0.935. The zero-order valence-corrected chi connectivity index (χ0v) is 12.1. The Morgan fingerprint density at radius 2 is 2.05 bits per heavy atom. The summed E-state index contributed by atoms with van der Waals surface area (Å²) in [6.07, 6.45) is 2.80. The van der Waals surface area contributed by atoms with E-state index < -0.39 is 11.9 Å². The third-order valence-electron chi connectivity index (χ3n) is 3.48. The molecule has 1 rings (SSSR count). The predicted octanol–water partition coefficient (Wildman–Crippen LogP) is 2.54. The second kappa shape index (κ2) is 7.41. The average molecular weight is 268 g/mol. The number of Topliss-reactive ketones (excluding diaryl/α,β-unsaturated/α-hetero) is 2. The van der Waals surface area contributed by atoms with Crippen LogP contribution in [0.1, 0.15) is 52.9 Å². The van der Waals surface area contributed by atoms with E-state index in [9.17, 15) is 14.4 Å². The molecule has 2 atom stereocenters. The molecule has 0 amide bonds. The average Bonchev–Trinajstić information content (AvgIpc) is 2.27. The highest BCUT2D eigenvalue weighted by Gasteiger charge is 2.39. The van der Waals surface area contributed by atoms with Crippen LogP contribution >= 0.6 is 0 Å². The van der Waals surface area contributed by atoms with Gasteiger partial charge in [0, 0.05) is 19.3 Å². The minimum absolute atomic E-state index is 0.0629. The molecule has 0 aromatic carbocycles. The summed E-state index contributed by atoms with van der Waals surface area (Å²) in [5.41, 5.74) is 0. The minimum atomic E-state index is -0.718. The van der Waals surface area contributed by atoms with Crippen LogP contribution in [-0.4, -0.2) is 24.1 Å². The molecule has 4 heteroatoms. The van der Waals surface area contributed by atoms with Crippen molar-refractivity contribution in [3.8, 4) is 0 Å². The largest absolute Gasteiger partial charge is 0.465 e. The number of rotatable bonds is 6. The van der Waals surface area contributed by atoms with Gasteiger partial charge in [0.1, 0.15) is 17.5 Å². The predicted molar refractivity (Wildman–Crippen MR) is 71.6 cm³/mol. The molecular formula is C15H24O4. The molecule has 19 heavy (non-hydrogen) atoms. The van der Waals surface area contributed by atoms with Gasteiger partial charge in [-0.25, -0.2) is 0 Å². The van der Waals surface area contributed by atoms with Gasteiger partial charge in [-0.1, -0.05) is 13.8 Å². The SMILES string of the molecule is CCOC(=O)C1C(=O)CCC[C@@H]1CC(=O)CC(C)C. The molecule has 0 N–H and O–H groups in total. The van der Waals surface area contributed by atoms with Gasteiger partial charge in [0.2, 0.25) is 0 Å². The van der Waals surface area contributed by atoms with Crippen molar-refractivity contribution in [2.75, 3.05) is 6.61 Å². The maximum absolute atomic E-state index is 11.9. The number of carbonyl (C=O) groups excluding carboxylic acids is 3. The van der Waals surface area contributed by atoms with Crippen LogP contribution in [0.2, 0.25) is 0 Å². The molecular weight excluding hydrogens is 244 g/mol. The van der Waals surface area contributed by atoms with E-state index in [1.165, 1.54) is 0 Å². The Labute approximate surface area is 114 Å². The van der Waals surface area contributed by atoms with Crippen molar-refractivity contribution < 1.29 is 19.1 Å². The maximum atomic E-state index is 11.9. The molecule has 1 saturated carbocycles. The molecule has 1 unspecified atom stereocenters. The minimum Gasteiger partial charge on any atom is -0.465 e. The van der Waals surface area contributed by atoms with E-state index in [1.54, 1.807) is 6.92 Å². The van der Waals surface area contributed by atoms with Gasteiger partial charge >= 0.3 is 5.97 Å². The molecule has 0 heterocycles. The van der Waals surface area contributed by atoms with Crippen molar-refractivity contribution in [2.24, 2.45) is 17.8 Å². The topological polar surface area (TPSA) is 60.4 Å². The molecule has 1 aliphatic carbocycles. The number of hydrogen-bond donors (Lipinski definition) is 0. The maximum Gasteiger partial charge on any atom is 0.316 e. The normalized spacial score (nSPS) is 23.5. The molecule has 0 spiro atoms. The summed E-state index contributed by atoms with van der Waals surface area (Å²) < 4.78 is 4.97. The van der Waals surface area contributed by atoms with Crippen LogP contribution in [0.3, 0.4) is 0 Å². The number of ketones is 2. The first-order chi connectivity index (χ1) is 8.95. The van der Waals surface area contributed by atoms with Gasteiger partial charge in [0.05, 0.1) is 6.61 Å². The Kier molecular flexibility index (Phi) is 6.19. The molecule has 108 valence electrons. The Hall–Kier alpha value is -1.19. The van der Waals surface area contributed by atoms with Gasteiger partial charge in [-0.2, -0.15) is 0 Å². The first-order valence-electron chi connectivity index (χ1n) is 7.16. The molecule has 0 saturated heterocycles. The highest BCUT2D eigenvalue weighted by molar-refractivity contribution is 6.00. The van der Waals surface area contributed by atoms with Gasteiger partial charge in [-0.3, -0.25) is 14.4 Å². The number of hydrogen-bond acceptors (Lipinski definition) is 4. The zero-order chi connectivity index (χ0) is 14.4. The van der Waals surface area contributed by atoms with E-state index in [4.69, 9.17) is 4.74 Å². The quantitative estimate of drug-likeness (QED) is 0.548. The lowest BCUT2D eigenvalue weighted by atomic mass is 9.75. The van der Waals surface area contributed by atoms with Crippen molar-refractivity contribution in [1.82, 2.24) is 0 Å². The highest BCUT2D eigenvalue weighted by atomic mass is 16.5.